The summed E-state index contributed by atoms with van der Waals surface area (Å²) in [6, 6.07) is 1.74. The summed E-state index contributed by atoms with van der Waals surface area (Å²) in [4.78, 5) is 3.42. The van der Waals surface area contributed by atoms with Gasteiger partial charge in [-0.25, -0.2) is 8.42 Å². The normalized spacial score (nSPS) is 21.3. The second-order valence-corrected chi connectivity index (χ2v) is 7.82. The van der Waals surface area contributed by atoms with Crippen LogP contribution in [0.15, 0.2) is 17.2 Å². The minimum absolute atomic E-state index is 0.390. The van der Waals surface area contributed by atoms with Gasteiger partial charge in [0.25, 0.3) is 0 Å². The number of sulfonamides is 1. The Hall–Kier alpha value is -0.850. The highest BCUT2D eigenvalue weighted by Crippen LogP contribution is 2.26. The largest absolute Gasteiger partial charge is 0.363 e. The summed E-state index contributed by atoms with van der Waals surface area (Å²) in [6.07, 6.45) is 7.11. The minimum atomic E-state index is -3.35. The van der Waals surface area contributed by atoms with Crippen LogP contribution in [0, 0.1) is 5.92 Å². The molecule has 1 aromatic rings. The number of nitrogens with zero attached hydrogens (tertiary/aromatic N) is 1. The van der Waals surface area contributed by atoms with Crippen LogP contribution in [0.25, 0.3) is 0 Å². The standard InChI is InChI=1S/C15H27N3O2S/c1-3-5-13-6-4-8-18(9-7-13)21(19,20)15-10-14(11-16-2)17-12-15/h10,12-13,16-17H,3-9,11H2,1-2H3. The van der Waals surface area contributed by atoms with Gasteiger partial charge in [0.2, 0.25) is 10.0 Å². The molecule has 0 saturated carbocycles. The Morgan fingerprint density at radius 1 is 1.38 bits per heavy atom. The summed E-state index contributed by atoms with van der Waals surface area (Å²) in [7, 11) is -1.50. The average molecular weight is 313 g/mol. The topological polar surface area (TPSA) is 65.2 Å². The third kappa shape index (κ3) is 4.08. The highest BCUT2D eigenvalue weighted by Gasteiger charge is 2.28. The molecule has 0 aliphatic carbocycles. The molecule has 0 spiro atoms. The number of nitrogens with one attached hydrogen (secondary N) is 2. The van der Waals surface area contributed by atoms with E-state index in [4.69, 9.17) is 0 Å². The first kappa shape index (κ1) is 16.5. The van der Waals surface area contributed by atoms with Gasteiger partial charge in [-0.3, -0.25) is 0 Å². The fourth-order valence-corrected chi connectivity index (χ4v) is 4.60. The number of aromatic amines is 1. The molecule has 0 radical (unpaired) electrons. The van der Waals surface area contributed by atoms with Gasteiger partial charge < -0.3 is 10.3 Å². The number of H-pyrrole nitrogens is 1. The third-order valence-corrected chi connectivity index (χ3v) is 6.10. The molecule has 120 valence electrons. The molecule has 2 heterocycles. The lowest BCUT2D eigenvalue weighted by Gasteiger charge is -2.19. The molecule has 0 aromatic carbocycles. The lowest BCUT2D eigenvalue weighted by Crippen LogP contribution is -2.31. The second-order valence-electron chi connectivity index (χ2n) is 5.88. The predicted octanol–water partition coefficient (Wildman–Crippen LogP) is 2.33. The molecule has 2 N–H and O–H groups in total. The van der Waals surface area contributed by atoms with Gasteiger partial charge in [-0.1, -0.05) is 19.8 Å². The van der Waals surface area contributed by atoms with Crippen molar-refractivity contribution in [1.82, 2.24) is 14.6 Å². The molecule has 1 saturated heterocycles. The first-order chi connectivity index (χ1) is 10.1. The van der Waals surface area contributed by atoms with Crippen LogP contribution >= 0.6 is 0 Å². The lowest BCUT2D eigenvalue weighted by atomic mass is 9.96. The van der Waals surface area contributed by atoms with E-state index in [2.05, 4.69) is 17.2 Å². The molecule has 2 rings (SSSR count). The predicted molar refractivity (Wildman–Crippen MR) is 84.6 cm³/mol. The van der Waals surface area contributed by atoms with Gasteiger partial charge >= 0.3 is 0 Å². The van der Waals surface area contributed by atoms with Crippen LogP contribution in [0.3, 0.4) is 0 Å². The van der Waals surface area contributed by atoms with E-state index in [0.29, 0.717) is 30.4 Å². The van der Waals surface area contributed by atoms with E-state index in [-0.39, 0.29) is 0 Å². The van der Waals surface area contributed by atoms with Crippen molar-refractivity contribution in [2.45, 2.75) is 50.5 Å². The van der Waals surface area contributed by atoms with E-state index in [9.17, 15) is 8.42 Å². The van der Waals surface area contributed by atoms with E-state index in [0.717, 1.165) is 25.0 Å². The third-order valence-electron chi connectivity index (χ3n) is 4.22. The van der Waals surface area contributed by atoms with Crippen LogP contribution in [-0.2, 0) is 16.6 Å². The van der Waals surface area contributed by atoms with Crippen LogP contribution in [-0.4, -0.2) is 37.8 Å². The van der Waals surface area contributed by atoms with E-state index in [1.54, 1.807) is 16.6 Å². The van der Waals surface area contributed by atoms with Crippen LogP contribution in [0.1, 0.15) is 44.7 Å². The Balaban J connectivity index is 2.07. The summed E-state index contributed by atoms with van der Waals surface area (Å²) >= 11 is 0. The summed E-state index contributed by atoms with van der Waals surface area (Å²) < 4.78 is 27.1. The van der Waals surface area contributed by atoms with Crippen LogP contribution in [0.4, 0.5) is 0 Å². The molecular formula is C15H27N3O2S. The molecule has 1 unspecified atom stereocenters. The second kappa shape index (κ2) is 7.42. The van der Waals surface area contributed by atoms with Crippen molar-refractivity contribution >= 4 is 10.0 Å². The average Bonchev–Trinajstić information content (AvgIpc) is 2.79. The van der Waals surface area contributed by atoms with Crippen molar-refractivity contribution in [3.63, 3.8) is 0 Å². The van der Waals surface area contributed by atoms with E-state index in [1.807, 2.05) is 7.05 Å². The lowest BCUT2D eigenvalue weighted by molar-refractivity contribution is 0.400. The molecule has 1 aromatic heterocycles. The number of aromatic nitrogens is 1. The summed E-state index contributed by atoms with van der Waals surface area (Å²) in [5, 5.41) is 3.02. The number of hydrogen-bond donors (Lipinski definition) is 2. The molecule has 21 heavy (non-hydrogen) atoms. The maximum atomic E-state index is 12.7. The van der Waals surface area contributed by atoms with Gasteiger partial charge in [0.1, 0.15) is 0 Å². The molecule has 1 aliphatic heterocycles. The van der Waals surface area contributed by atoms with Crippen molar-refractivity contribution < 1.29 is 8.42 Å². The number of hydrogen-bond acceptors (Lipinski definition) is 3. The zero-order valence-electron chi connectivity index (χ0n) is 13.1. The highest BCUT2D eigenvalue weighted by atomic mass is 32.2. The molecular weight excluding hydrogens is 286 g/mol. The van der Waals surface area contributed by atoms with Crippen molar-refractivity contribution in [2.75, 3.05) is 20.1 Å². The molecule has 1 fully saturated rings. The Morgan fingerprint density at radius 3 is 2.90 bits per heavy atom. The van der Waals surface area contributed by atoms with Crippen LogP contribution < -0.4 is 5.32 Å². The number of rotatable bonds is 6. The fraction of sp³-hybridized carbons (Fsp3) is 0.733. The Kier molecular flexibility index (Phi) is 5.84. The molecule has 6 heteroatoms. The zero-order chi connectivity index (χ0) is 15.3. The van der Waals surface area contributed by atoms with Crippen molar-refractivity contribution in [2.24, 2.45) is 5.92 Å². The van der Waals surface area contributed by atoms with Gasteiger partial charge in [-0.2, -0.15) is 4.31 Å². The fourth-order valence-electron chi connectivity index (χ4n) is 3.09. The van der Waals surface area contributed by atoms with E-state index < -0.39 is 10.0 Å². The molecule has 1 aliphatic rings. The maximum absolute atomic E-state index is 12.7. The Bertz CT molecular complexity index is 539. The Morgan fingerprint density at radius 2 is 2.19 bits per heavy atom. The van der Waals surface area contributed by atoms with E-state index in [1.165, 1.54) is 12.8 Å². The molecule has 5 nitrogen and oxygen atoms in total. The smallest absolute Gasteiger partial charge is 0.244 e. The van der Waals surface area contributed by atoms with Crippen molar-refractivity contribution in [3.05, 3.63) is 18.0 Å². The van der Waals surface area contributed by atoms with Crippen LogP contribution in [0.5, 0.6) is 0 Å². The monoisotopic (exact) mass is 313 g/mol. The SMILES string of the molecule is CCCC1CCCN(S(=O)(=O)c2c[nH]c(CNC)c2)CC1. The van der Waals surface area contributed by atoms with Gasteiger partial charge in [0, 0.05) is 31.5 Å². The molecule has 0 bridgehead atoms. The maximum Gasteiger partial charge on any atom is 0.244 e. The van der Waals surface area contributed by atoms with Gasteiger partial charge in [0.05, 0.1) is 4.90 Å². The molecule has 0 amide bonds. The van der Waals surface area contributed by atoms with Crippen molar-refractivity contribution in [3.8, 4) is 0 Å². The quantitative estimate of drug-likeness (QED) is 0.847. The van der Waals surface area contributed by atoms with Gasteiger partial charge in [-0.05, 0) is 38.3 Å². The Labute approximate surface area is 128 Å². The van der Waals surface area contributed by atoms with Gasteiger partial charge in [0.15, 0.2) is 0 Å². The summed E-state index contributed by atoms with van der Waals surface area (Å²) in [5.74, 6) is 0.682. The van der Waals surface area contributed by atoms with Crippen LogP contribution in [0.2, 0.25) is 0 Å². The van der Waals surface area contributed by atoms with Gasteiger partial charge in [-0.15, -0.1) is 0 Å². The minimum Gasteiger partial charge on any atom is -0.363 e. The first-order valence-electron chi connectivity index (χ1n) is 7.90. The molecule has 1 atom stereocenters. The summed E-state index contributed by atoms with van der Waals surface area (Å²) in [5.41, 5.74) is 0.898. The highest BCUT2D eigenvalue weighted by molar-refractivity contribution is 7.89. The zero-order valence-corrected chi connectivity index (χ0v) is 13.9. The van der Waals surface area contributed by atoms with Crippen molar-refractivity contribution in [1.29, 1.82) is 0 Å². The first-order valence-corrected chi connectivity index (χ1v) is 9.34. The van der Waals surface area contributed by atoms with E-state index >= 15 is 0 Å². The summed E-state index contributed by atoms with van der Waals surface area (Å²) in [6.45, 7) is 4.14.